The van der Waals surface area contributed by atoms with Gasteiger partial charge in [0.25, 0.3) is 11.8 Å². The van der Waals surface area contributed by atoms with Crippen LogP contribution in [0.4, 0.5) is 0 Å². The van der Waals surface area contributed by atoms with E-state index in [9.17, 15) is 9.59 Å². The normalized spacial score (nSPS) is 10.9. The van der Waals surface area contributed by atoms with Crippen LogP contribution < -0.4 is 16.4 Å². The number of hydrogen-bond acceptors (Lipinski definition) is 4. The van der Waals surface area contributed by atoms with Crippen LogP contribution in [0.1, 0.15) is 21.5 Å². The zero-order chi connectivity index (χ0) is 17.4. The molecule has 0 saturated carbocycles. The molecule has 0 unspecified atom stereocenters. The molecule has 0 spiro atoms. The first kappa shape index (κ1) is 17.2. The molecule has 2 aromatic carbocycles. The van der Waals surface area contributed by atoms with Gasteiger partial charge in [-0.25, -0.2) is 10.9 Å². The highest BCUT2D eigenvalue weighted by Crippen LogP contribution is 2.07. The zero-order valence-corrected chi connectivity index (χ0v) is 12.6. The summed E-state index contributed by atoms with van der Waals surface area (Å²) in [6, 6.07) is 13.7. The van der Waals surface area contributed by atoms with Crippen LogP contribution in [0.2, 0.25) is 0 Å². The van der Waals surface area contributed by atoms with Crippen LogP contribution in [0.5, 0.6) is 0 Å². The van der Waals surface area contributed by atoms with Crippen molar-refractivity contribution < 1.29 is 14.8 Å². The van der Waals surface area contributed by atoms with Crippen LogP contribution in [0.15, 0.2) is 59.7 Å². The molecule has 0 bridgehead atoms. The molecule has 0 fully saturated rings. The summed E-state index contributed by atoms with van der Waals surface area (Å²) in [6.45, 7) is 0. The van der Waals surface area contributed by atoms with E-state index in [1.165, 1.54) is 17.8 Å². The van der Waals surface area contributed by atoms with Crippen molar-refractivity contribution in [3.8, 4) is 0 Å². The second kappa shape index (κ2) is 8.45. The SMILES string of the molecule is [B]c1cccc(C=NNC(=O)c2cccc(C=CC(=O)NO)c2)c1. The number of nitrogens with one attached hydrogen (secondary N) is 2. The number of hydrazone groups is 1. The first-order chi connectivity index (χ1) is 11.6. The molecule has 6 nitrogen and oxygen atoms in total. The van der Waals surface area contributed by atoms with Crippen molar-refractivity contribution in [1.29, 1.82) is 0 Å². The predicted molar refractivity (Wildman–Crippen MR) is 92.3 cm³/mol. The smallest absolute Gasteiger partial charge is 0.271 e. The lowest BCUT2D eigenvalue weighted by Gasteiger charge is -2.01. The molecule has 2 radical (unpaired) electrons. The fourth-order valence-corrected chi connectivity index (χ4v) is 1.86. The summed E-state index contributed by atoms with van der Waals surface area (Å²) in [5.74, 6) is -1.05. The molecule has 24 heavy (non-hydrogen) atoms. The standard InChI is InChI=1S/C17H14BN3O3/c18-15-6-2-4-13(10-15)11-19-20-17(23)14-5-1-3-12(9-14)7-8-16(22)21-24/h1-11,24H,(H,20,23)(H,21,22). The molecule has 118 valence electrons. The number of carbonyl (C=O) groups excluding carboxylic acids is 2. The molecule has 0 heterocycles. The number of carbonyl (C=O) groups is 2. The molecule has 0 aromatic heterocycles. The number of hydroxylamine groups is 1. The lowest BCUT2D eigenvalue weighted by Crippen LogP contribution is -2.17. The summed E-state index contributed by atoms with van der Waals surface area (Å²) in [4.78, 5) is 23.0. The van der Waals surface area contributed by atoms with Crippen LogP contribution in [0, 0.1) is 0 Å². The van der Waals surface area contributed by atoms with Gasteiger partial charge in [-0.1, -0.05) is 41.9 Å². The van der Waals surface area contributed by atoms with Crippen LogP contribution in [-0.4, -0.2) is 31.1 Å². The molecular formula is C17H14BN3O3. The van der Waals surface area contributed by atoms with E-state index in [1.807, 2.05) is 6.07 Å². The fourth-order valence-electron chi connectivity index (χ4n) is 1.86. The molecule has 3 N–H and O–H groups in total. The highest BCUT2D eigenvalue weighted by molar-refractivity contribution is 6.32. The van der Waals surface area contributed by atoms with Crippen LogP contribution in [0.3, 0.4) is 0 Å². The van der Waals surface area contributed by atoms with Gasteiger partial charge in [0.1, 0.15) is 7.85 Å². The average Bonchev–Trinajstić information content (AvgIpc) is 2.60. The quantitative estimate of drug-likeness (QED) is 0.250. The van der Waals surface area contributed by atoms with Crippen LogP contribution in [-0.2, 0) is 4.79 Å². The molecule has 2 rings (SSSR count). The molecule has 0 aliphatic carbocycles. The van der Waals surface area contributed by atoms with Gasteiger partial charge in [0, 0.05) is 11.6 Å². The Kier molecular flexibility index (Phi) is 6.05. The van der Waals surface area contributed by atoms with Crippen molar-refractivity contribution in [1.82, 2.24) is 10.9 Å². The van der Waals surface area contributed by atoms with Gasteiger partial charge in [0.2, 0.25) is 0 Å². The third kappa shape index (κ3) is 5.22. The van der Waals surface area contributed by atoms with Crippen molar-refractivity contribution in [2.75, 3.05) is 0 Å². The summed E-state index contributed by atoms with van der Waals surface area (Å²) in [6.07, 6.45) is 4.11. The highest BCUT2D eigenvalue weighted by Gasteiger charge is 2.04. The monoisotopic (exact) mass is 319 g/mol. The second-order valence-corrected chi connectivity index (χ2v) is 4.80. The number of benzene rings is 2. The summed E-state index contributed by atoms with van der Waals surface area (Å²) >= 11 is 0. The molecular weight excluding hydrogens is 305 g/mol. The van der Waals surface area contributed by atoms with Crippen molar-refractivity contribution in [2.24, 2.45) is 5.10 Å². The van der Waals surface area contributed by atoms with Crippen molar-refractivity contribution >= 4 is 37.4 Å². The van der Waals surface area contributed by atoms with E-state index in [1.54, 1.807) is 42.5 Å². The largest absolute Gasteiger partial charge is 0.288 e. The highest BCUT2D eigenvalue weighted by atomic mass is 16.5. The first-order valence-electron chi connectivity index (χ1n) is 6.99. The maximum atomic E-state index is 12.1. The molecule has 2 amide bonds. The Balaban J connectivity index is 2.02. The van der Waals surface area contributed by atoms with E-state index < -0.39 is 11.8 Å². The Morgan fingerprint density at radius 1 is 1.08 bits per heavy atom. The third-order valence-electron chi connectivity index (χ3n) is 2.98. The Morgan fingerprint density at radius 3 is 2.58 bits per heavy atom. The zero-order valence-electron chi connectivity index (χ0n) is 12.6. The van der Waals surface area contributed by atoms with Gasteiger partial charge in [0.05, 0.1) is 6.21 Å². The molecule has 0 aliphatic heterocycles. The van der Waals surface area contributed by atoms with Crippen LogP contribution >= 0.6 is 0 Å². The van der Waals surface area contributed by atoms with Crippen molar-refractivity contribution in [3.05, 3.63) is 71.3 Å². The summed E-state index contributed by atoms with van der Waals surface area (Å²) < 4.78 is 0. The lowest BCUT2D eigenvalue weighted by molar-refractivity contribution is -0.124. The Labute approximate surface area is 140 Å². The number of rotatable bonds is 5. The van der Waals surface area contributed by atoms with Gasteiger partial charge in [-0.15, -0.1) is 0 Å². The van der Waals surface area contributed by atoms with E-state index in [2.05, 4.69) is 10.5 Å². The third-order valence-corrected chi connectivity index (χ3v) is 2.98. The van der Waals surface area contributed by atoms with Gasteiger partial charge in [-0.3, -0.25) is 14.8 Å². The van der Waals surface area contributed by atoms with Gasteiger partial charge in [-0.05, 0) is 29.3 Å². The molecule has 2 aromatic rings. The Morgan fingerprint density at radius 2 is 1.83 bits per heavy atom. The molecule has 7 heteroatoms. The minimum absolute atomic E-state index is 0.381. The van der Waals surface area contributed by atoms with E-state index in [-0.39, 0.29) is 0 Å². The van der Waals surface area contributed by atoms with E-state index >= 15 is 0 Å². The number of hydrogen-bond donors (Lipinski definition) is 3. The number of amides is 2. The molecule has 0 aliphatic rings. The summed E-state index contributed by atoms with van der Waals surface area (Å²) in [5, 5.41) is 12.3. The first-order valence-corrected chi connectivity index (χ1v) is 6.99. The predicted octanol–water partition coefficient (Wildman–Crippen LogP) is 0.763. The topological polar surface area (TPSA) is 90.8 Å². The summed E-state index contributed by atoms with van der Waals surface area (Å²) in [7, 11) is 5.66. The Bertz CT molecular complexity index is 803. The minimum Gasteiger partial charge on any atom is -0.288 e. The minimum atomic E-state index is -0.656. The average molecular weight is 319 g/mol. The van der Waals surface area contributed by atoms with Crippen molar-refractivity contribution in [3.63, 3.8) is 0 Å². The molecule has 0 atom stereocenters. The van der Waals surface area contributed by atoms with E-state index in [0.717, 1.165) is 11.6 Å². The van der Waals surface area contributed by atoms with Gasteiger partial charge in [0.15, 0.2) is 0 Å². The maximum Gasteiger partial charge on any atom is 0.271 e. The number of nitrogens with zero attached hydrogens (tertiary/aromatic N) is 1. The van der Waals surface area contributed by atoms with Gasteiger partial charge >= 0.3 is 0 Å². The van der Waals surface area contributed by atoms with Crippen LogP contribution in [0.25, 0.3) is 6.08 Å². The van der Waals surface area contributed by atoms with Gasteiger partial charge < -0.3 is 0 Å². The summed E-state index contributed by atoms with van der Waals surface area (Å²) in [5.41, 5.74) is 6.29. The fraction of sp³-hybridized carbons (Fsp3) is 0. The Hall–Kier alpha value is -3.19. The molecule has 0 saturated heterocycles. The maximum absolute atomic E-state index is 12.1. The van der Waals surface area contributed by atoms with E-state index in [4.69, 9.17) is 13.1 Å². The van der Waals surface area contributed by atoms with E-state index in [0.29, 0.717) is 16.6 Å². The lowest BCUT2D eigenvalue weighted by atomic mass is 9.95. The second-order valence-electron chi connectivity index (χ2n) is 4.80. The van der Waals surface area contributed by atoms with Gasteiger partial charge in [-0.2, -0.15) is 5.10 Å². The van der Waals surface area contributed by atoms with Crippen molar-refractivity contribution in [2.45, 2.75) is 0 Å².